The van der Waals surface area contributed by atoms with E-state index < -0.39 is 0 Å². The van der Waals surface area contributed by atoms with E-state index >= 15 is 0 Å². The molecule has 16 heavy (non-hydrogen) atoms. The molecule has 0 spiro atoms. The second-order valence-corrected chi connectivity index (χ2v) is 5.00. The number of aromatic nitrogens is 1. The zero-order chi connectivity index (χ0) is 11.4. The van der Waals surface area contributed by atoms with Crippen LogP contribution >= 0.6 is 11.8 Å². The molecule has 3 nitrogen and oxygen atoms in total. The molecule has 1 aromatic heterocycles. The Labute approximate surface area is 100 Å². The van der Waals surface area contributed by atoms with Gasteiger partial charge >= 0.3 is 0 Å². The standard InChI is InChI=1S/C12H16N2OS/c1-2-12(15)11-4-3-10(9-13-11)14-5-7-16-8-6-14/h3-4,9H,2,5-8H2,1H3. The Bertz CT molecular complexity index is 358. The Morgan fingerprint density at radius 1 is 1.44 bits per heavy atom. The quantitative estimate of drug-likeness (QED) is 0.754. The predicted molar refractivity (Wildman–Crippen MR) is 68.4 cm³/mol. The van der Waals surface area contributed by atoms with Crippen molar-refractivity contribution < 1.29 is 4.79 Å². The van der Waals surface area contributed by atoms with Crippen molar-refractivity contribution in [3.63, 3.8) is 0 Å². The maximum Gasteiger partial charge on any atom is 0.180 e. The summed E-state index contributed by atoms with van der Waals surface area (Å²) >= 11 is 1.99. The summed E-state index contributed by atoms with van der Waals surface area (Å²) in [7, 11) is 0. The molecule has 1 aliphatic heterocycles. The molecule has 0 N–H and O–H groups in total. The molecule has 0 amide bonds. The number of ketones is 1. The van der Waals surface area contributed by atoms with Gasteiger partial charge in [-0.3, -0.25) is 9.78 Å². The number of anilines is 1. The van der Waals surface area contributed by atoms with Crippen LogP contribution in [0, 0.1) is 0 Å². The molecule has 0 aromatic carbocycles. The first-order valence-corrected chi connectivity index (χ1v) is 6.78. The van der Waals surface area contributed by atoms with Gasteiger partial charge in [-0.25, -0.2) is 0 Å². The summed E-state index contributed by atoms with van der Waals surface area (Å²) in [4.78, 5) is 18.0. The number of pyridine rings is 1. The first-order chi connectivity index (χ1) is 7.81. The molecule has 1 saturated heterocycles. The van der Waals surface area contributed by atoms with Crippen molar-refractivity contribution >= 4 is 23.2 Å². The highest BCUT2D eigenvalue weighted by Crippen LogP contribution is 2.18. The van der Waals surface area contributed by atoms with Gasteiger partial charge in [-0.2, -0.15) is 11.8 Å². The number of nitrogens with zero attached hydrogens (tertiary/aromatic N) is 2. The van der Waals surface area contributed by atoms with Crippen LogP contribution in [0.3, 0.4) is 0 Å². The monoisotopic (exact) mass is 236 g/mol. The number of thioether (sulfide) groups is 1. The Kier molecular flexibility index (Phi) is 3.83. The molecule has 1 fully saturated rings. The number of carbonyl (C=O) groups excluding carboxylic acids is 1. The molecule has 2 heterocycles. The van der Waals surface area contributed by atoms with E-state index in [-0.39, 0.29) is 5.78 Å². The highest BCUT2D eigenvalue weighted by Gasteiger charge is 2.12. The van der Waals surface area contributed by atoms with E-state index in [2.05, 4.69) is 9.88 Å². The van der Waals surface area contributed by atoms with Crippen molar-refractivity contribution in [3.8, 4) is 0 Å². The first kappa shape index (κ1) is 11.5. The van der Waals surface area contributed by atoms with E-state index in [0.29, 0.717) is 12.1 Å². The number of Topliss-reactive ketones (excluding diaryl/α,β-unsaturated/α-hetero) is 1. The minimum absolute atomic E-state index is 0.112. The lowest BCUT2D eigenvalue weighted by atomic mass is 10.2. The van der Waals surface area contributed by atoms with Gasteiger partial charge in [0.25, 0.3) is 0 Å². The van der Waals surface area contributed by atoms with E-state index in [1.165, 1.54) is 11.5 Å². The van der Waals surface area contributed by atoms with Gasteiger partial charge in [0, 0.05) is 31.0 Å². The zero-order valence-corrected chi connectivity index (χ0v) is 10.3. The summed E-state index contributed by atoms with van der Waals surface area (Å²) in [6, 6.07) is 3.84. The molecule has 0 aliphatic carbocycles. The average Bonchev–Trinajstić information content (AvgIpc) is 2.39. The highest BCUT2D eigenvalue weighted by atomic mass is 32.2. The summed E-state index contributed by atoms with van der Waals surface area (Å²) in [5.41, 5.74) is 1.71. The molecule has 0 atom stereocenters. The van der Waals surface area contributed by atoms with Crippen molar-refractivity contribution in [2.75, 3.05) is 29.5 Å². The van der Waals surface area contributed by atoms with Crippen molar-refractivity contribution in [1.82, 2.24) is 4.98 Å². The topological polar surface area (TPSA) is 33.2 Å². The molecule has 0 unspecified atom stereocenters. The van der Waals surface area contributed by atoms with Crippen LogP contribution in [0.4, 0.5) is 5.69 Å². The van der Waals surface area contributed by atoms with Gasteiger partial charge in [0.05, 0.1) is 11.9 Å². The van der Waals surface area contributed by atoms with Gasteiger partial charge in [0.15, 0.2) is 5.78 Å². The van der Waals surface area contributed by atoms with Crippen molar-refractivity contribution in [2.24, 2.45) is 0 Å². The summed E-state index contributed by atoms with van der Waals surface area (Å²) in [6.45, 7) is 4.01. The van der Waals surface area contributed by atoms with Crippen LogP contribution < -0.4 is 4.90 Å². The summed E-state index contributed by atoms with van der Waals surface area (Å²) in [5.74, 6) is 2.46. The van der Waals surface area contributed by atoms with Crippen molar-refractivity contribution in [2.45, 2.75) is 13.3 Å². The van der Waals surface area contributed by atoms with Gasteiger partial charge in [0.1, 0.15) is 5.69 Å². The second kappa shape index (κ2) is 5.34. The molecule has 1 aliphatic rings. The first-order valence-electron chi connectivity index (χ1n) is 5.63. The number of hydrogen-bond donors (Lipinski definition) is 0. The van der Waals surface area contributed by atoms with E-state index in [1.54, 1.807) is 0 Å². The lowest BCUT2D eigenvalue weighted by molar-refractivity contribution is 0.0983. The second-order valence-electron chi connectivity index (χ2n) is 3.78. The molecule has 0 radical (unpaired) electrons. The molecular formula is C12H16N2OS. The summed E-state index contributed by atoms with van der Waals surface area (Å²) < 4.78 is 0. The third-order valence-electron chi connectivity index (χ3n) is 2.73. The fourth-order valence-corrected chi connectivity index (χ4v) is 2.64. The Morgan fingerprint density at radius 2 is 2.19 bits per heavy atom. The summed E-state index contributed by atoms with van der Waals surface area (Å²) in [5, 5.41) is 0. The molecule has 1 aromatic rings. The Hall–Kier alpha value is -1.03. The lowest BCUT2D eigenvalue weighted by Gasteiger charge is -2.28. The van der Waals surface area contributed by atoms with Crippen molar-refractivity contribution in [3.05, 3.63) is 24.0 Å². The average molecular weight is 236 g/mol. The van der Waals surface area contributed by atoms with E-state index in [4.69, 9.17) is 0 Å². The van der Waals surface area contributed by atoms with Crippen LogP contribution in [0.2, 0.25) is 0 Å². The van der Waals surface area contributed by atoms with Gasteiger partial charge in [0.2, 0.25) is 0 Å². The largest absolute Gasteiger partial charge is 0.369 e. The smallest absolute Gasteiger partial charge is 0.180 e. The number of carbonyl (C=O) groups is 1. The van der Waals surface area contributed by atoms with Crippen molar-refractivity contribution in [1.29, 1.82) is 0 Å². The van der Waals surface area contributed by atoms with Crippen LogP contribution in [-0.2, 0) is 0 Å². The Balaban J connectivity index is 2.09. The van der Waals surface area contributed by atoms with Gasteiger partial charge in [-0.1, -0.05) is 6.92 Å². The zero-order valence-electron chi connectivity index (χ0n) is 9.48. The van der Waals surface area contributed by atoms with E-state index in [9.17, 15) is 4.79 Å². The minimum atomic E-state index is 0.112. The number of rotatable bonds is 3. The predicted octanol–water partition coefficient (Wildman–Crippen LogP) is 2.23. The summed E-state index contributed by atoms with van der Waals surface area (Å²) in [6.07, 6.45) is 2.34. The maximum absolute atomic E-state index is 11.4. The van der Waals surface area contributed by atoms with E-state index in [1.807, 2.05) is 37.0 Å². The molecule has 86 valence electrons. The third-order valence-corrected chi connectivity index (χ3v) is 3.67. The van der Waals surface area contributed by atoms with Crippen LogP contribution in [0.25, 0.3) is 0 Å². The fraction of sp³-hybridized carbons (Fsp3) is 0.500. The fourth-order valence-electron chi connectivity index (χ4n) is 1.74. The van der Waals surface area contributed by atoms with Crippen LogP contribution in [0.15, 0.2) is 18.3 Å². The van der Waals surface area contributed by atoms with Gasteiger partial charge < -0.3 is 4.90 Å². The van der Waals surface area contributed by atoms with Gasteiger partial charge in [-0.15, -0.1) is 0 Å². The minimum Gasteiger partial charge on any atom is -0.369 e. The highest BCUT2D eigenvalue weighted by molar-refractivity contribution is 7.99. The molecule has 0 bridgehead atoms. The molecular weight excluding hydrogens is 220 g/mol. The van der Waals surface area contributed by atoms with Crippen LogP contribution in [-0.4, -0.2) is 35.4 Å². The normalized spacial score (nSPS) is 16.2. The SMILES string of the molecule is CCC(=O)c1ccc(N2CCSCC2)cn1. The van der Waals surface area contributed by atoms with Crippen LogP contribution in [0.5, 0.6) is 0 Å². The van der Waals surface area contributed by atoms with Gasteiger partial charge in [-0.05, 0) is 12.1 Å². The Morgan fingerprint density at radius 3 is 2.75 bits per heavy atom. The van der Waals surface area contributed by atoms with Crippen LogP contribution in [0.1, 0.15) is 23.8 Å². The lowest BCUT2D eigenvalue weighted by Crippen LogP contribution is -2.32. The van der Waals surface area contributed by atoms with E-state index in [0.717, 1.165) is 18.8 Å². The third kappa shape index (κ3) is 2.55. The molecule has 0 saturated carbocycles. The molecule has 2 rings (SSSR count). The molecule has 4 heteroatoms. The maximum atomic E-state index is 11.4. The number of hydrogen-bond acceptors (Lipinski definition) is 4.